The monoisotopic (exact) mass is 330 g/mol. The van der Waals surface area contributed by atoms with Gasteiger partial charge in [0.2, 0.25) is 6.29 Å². The molecule has 0 amide bonds. The largest absolute Gasteiger partial charge is 0.343 e. The summed E-state index contributed by atoms with van der Waals surface area (Å²) in [6, 6.07) is 11.8. The lowest BCUT2D eigenvalue weighted by Crippen LogP contribution is -2.35. The van der Waals surface area contributed by atoms with Crippen molar-refractivity contribution in [2.75, 3.05) is 6.61 Å². The van der Waals surface area contributed by atoms with Gasteiger partial charge in [-0.05, 0) is 41.0 Å². The third-order valence-electron chi connectivity index (χ3n) is 3.76. The van der Waals surface area contributed by atoms with Gasteiger partial charge in [0.25, 0.3) is 0 Å². The van der Waals surface area contributed by atoms with E-state index in [-0.39, 0.29) is 18.2 Å². The molecule has 24 heavy (non-hydrogen) atoms. The minimum Gasteiger partial charge on any atom is -0.343 e. The molecule has 1 aliphatic rings. The summed E-state index contributed by atoms with van der Waals surface area (Å²) in [4.78, 5) is 10.6. The van der Waals surface area contributed by atoms with Crippen LogP contribution in [-0.4, -0.2) is 19.0 Å². The SMILES string of the molecule is C=C(c1ccc(F)cc1)[C@@H]1OC[C@@H](C(=C)c2ccc(F)cc2)OO1. The first-order chi connectivity index (χ1) is 11.5. The van der Waals surface area contributed by atoms with E-state index >= 15 is 0 Å². The highest BCUT2D eigenvalue weighted by Gasteiger charge is 2.28. The number of hydrogen-bond donors (Lipinski definition) is 0. The van der Waals surface area contributed by atoms with Crippen LogP contribution in [0.3, 0.4) is 0 Å². The van der Waals surface area contributed by atoms with E-state index in [9.17, 15) is 8.78 Å². The van der Waals surface area contributed by atoms with Crippen molar-refractivity contribution in [3.63, 3.8) is 0 Å². The second-order valence-corrected chi connectivity index (χ2v) is 5.41. The molecule has 0 aromatic heterocycles. The lowest BCUT2D eigenvalue weighted by atomic mass is 10.0. The van der Waals surface area contributed by atoms with Crippen LogP contribution < -0.4 is 0 Å². The van der Waals surface area contributed by atoms with Crippen LogP contribution in [0.25, 0.3) is 11.1 Å². The molecule has 2 aromatic rings. The maximum absolute atomic E-state index is 13.0. The van der Waals surface area contributed by atoms with Gasteiger partial charge in [0, 0.05) is 5.57 Å². The molecule has 0 aliphatic carbocycles. The van der Waals surface area contributed by atoms with E-state index in [1.165, 1.54) is 24.3 Å². The Morgan fingerprint density at radius 3 is 1.75 bits per heavy atom. The molecule has 3 nitrogen and oxygen atoms in total. The van der Waals surface area contributed by atoms with Crippen LogP contribution in [0, 0.1) is 11.6 Å². The summed E-state index contributed by atoms with van der Waals surface area (Å²) in [5, 5.41) is 0. The van der Waals surface area contributed by atoms with Crippen molar-refractivity contribution in [1.82, 2.24) is 0 Å². The van der Waals surface area contributed by atoms with E-state index in [2.05, 4.69) is 13.2 Å². The van der Waals surface area contributed by atoms with Crippen LogP contribution in [0.5, 0.6) is 0 Å². The molecular formula is C19H16F2O3. The molecule has 2 aromatic carbocycles. The molecule has 1 fully saturated rings. The summed E-state index contributed by atoms with van der Waals surface area (Å²) in [7, 11) is 0. The molecule has 0 saturated carbocycles. The fraction of sp³-hybridized carbons (Fsp3) is 0.158. The Labute approximate surface area is 138 Å². The van der Waals surface area contributed by atoms with Crippen LogP contribution in [0.15, 0.2) is 61.7 Å². The fourth-order valence-corrected chi connectivity index (χ4v) is 2.32. The minimum atomic E-state index is -0.785. The van der Waals surface area contributed by atoms with Crippen LogP contribution in [0.1, 0.15) is 11.1 Å². The van der Waals surface area contributed by atoms with E-state index in [0.717, 1.165) is 5.56 Å². The average Bonchev–Trinajstić information content (AvgIpc) is 2.62. The Hall–Kier alpha value is -2.34. The molecule has 0 N–H and O–H groups in total. The van der Waals surface area contributed by atoms with Crippen LogP contribution >= 0.6 is 0 Å². The third kappa shape index (κ3) is 3.59. The van der Waals surface area contributed by atoms with Crippen molar-refractivity contribution in [3.05, 3.63) is 84.5 Å². The van der Waals surface area contributed by atoms with Crippen molar-refractivity contribution in [1.29, 1.82) is 0 Å². The molecular weight excluding hydrogens is 314 g/mol. The molecule has 2 atom stereocenters. The van der Waals surface area contributed by atoms with Gasteiger partial charge in [0.1, 0.15) is 17.7 Å². The zero-order valence-corrected chi connectivity index (χ0v) is 12.9. The Bertz CT molecular complexity index is 665. The molecule has 5 heteroatoms. The van der Waals surface area contributed by atoms with E-state index in [0.29, 0.717) is 16.7 Å². The number of ether oxygens (including phenoxy) is 1. The van der Waals surface area contributed by atoms with E-state index in [4.69, 9.17) is 14.5 Å². The van der Waals surface area contributed by atoms with Gasteiger partial charge in [0.05, 0.1) is 6.61 Å². The fourth-order valence-electron chi connectivity index (χ4n) is 2.32. The van der Waals surface area contributed by atoms with E-state index < -0.39 is 12.4 Å². The summed E-state index contributed by atoms with van der Waals surface area (Å²) in [5.74, 6) is -0.650. The number of hydrogen-bond acceptors (Lipinski definition) is 3. The highest BCUT2D eigenvalue weighted by Crippen LogP contribution is 2.28. The molecule has 0 unspecified atom stereocenters. The van der Waals surface area contributed by atoms with Crippen molar-refractivity contribution in [2.45, 2.75) is 12.4 Å². The predicted molar refractivity (Wildman–Crippen MR) is 86.6 cm³/mol. The molecule has 1 heterocycles. The van der Waals surface area contributed by atoms with Crippen LogP contribution in [-0.2, 0) is 14.5 Å². The van der Waals surface area contributed by atoms with Crippen molar-refractivity contribution < 1.29 is 23.3 Å². The summed E-state index contributed by atoms with van der Waals surface area (Å²) < 4.78 is 31.6. The normalized spacial score (nSPS) is 20.6. The minimum absolute atomic E-state index is 0.209. The van der Waals surface area contributed by atoms with Gasteiger partial charge >= 0.3 is 0 Å². The zero-order valence-electron chi connectivity index (χ0n) is 12.9. The number of rotatable bonds is 4. The topological polar surface area (TPSA) is 27.7 Å². The predicted octanol–water partition coefficient (Wildman–Crippen LogP) is 4.36. The van der Waals surface area contributed by atoms with E-state index in [1.54, 1.807) is 24.3 Å². The second-order valence-electron chi connectivity index (χ2n) is 5.41. The molecule has 0 radical (unpaired) electrons. The van der Waals surface area contributed by atoms with Crippen molar-refractivity contribution in [2.24, 2.45) is 0 Å². The lowest BCUT2D eigenvalue weighted by Gasteiger charge is -2.30. The maximum Gasteiger partial charge on any atom is 0.217 e. The first-order valence-electron chi connectivity index (χ1n) is 7.38. The smallest absolute Gasteiger partial charge is 0.217 e. The lowest BCUT2D eigenvalue weighted by molar-refractivity contribution is -0.414. The Kier molecular flexibility index (Phi) is 4.85. The third-order valence-corrected chi connectivity index (χ3v) is 3.76. The van der Waals surface area contributed by atoms with Crippen LogP contribution in [0.2, 0.25) is 0 Å². The Balaban J connectivity index is 1.61. The highest BCUT2D eigenvalue weighted by atomic mass is 19.1. The molecule has 0 spiro atoms. The zero-order chi connectivity index (χ0) is 17.1. The molecule has 1 aliphatic heterocycles. The Morgan fingerprint density at radius 1 is 0.792 bits per heavy atom. The Morgan fingerprint density at radius 2 is 1.29 bits per heavy atom. The number of benzene rings is 2. The number of halogens is 2. The van der Waals surface area contributed by atoms with Gasteiger partial charge in [-0.2, -0.15) is 4.89 Å². The van der Waals surface area contributed by atoms with Gasteiger partial charge in [-0.15, -0.1) is 0 Å². The van der Waals surface area contributed by atoms with Gasteiger partial charge in [-0.25, -0.2) is 13.7 Å². The quantitative estimate of drug-likeness (QED) is 0.780. The van der Waals surface area contributed by atoms with Gasteiger partial charge in [-0.1, -0.05) is 37.4 Å². The summed E-state index contributed by atoms with van der Waals surface area (Å²) >= 11 is 0. The first kappa shape index (κ1) is 16.5. The van der Waals surface area contributed by atoms with E-state index in [1.807, 2.05) is 0 Å². The van der Waals surface area contributed by atoms with Crippen molar-refractivity contribution in [3.8, 4) is 0 Å². The second kappa shape index (κ2) is 7.05. The molecule has 1 saturated heterocycles. The standard InChI is InChI=1S/C19H16F2O3/c1-12(14-3-7-16(20)8-4-14)18-11-22-19(24-23-18)13(2)15-5-9-17(21)10-6-15/h3-10,18-19H,1-2,11H2/t18-,19+/m0/s1. The summed E-state index contributed by atoms with van der Waals surface area (Å²) in [5.41, 5.74) is 2.59. The van der Waals surface area contributed by atoms with Crippen LogP contribution in [0.4, 0.5) is 8.78 Å². The maximum atomic E-state index is 13.0. The van der Waals surface area contributed by atoms with Crippen molar-refractivity contribution >= 4 is 11.1 Å². The van der Waals surface area contributed by atoms with Gasteiger partial charge < -0.3 is 4.74 Å². The van der Waals surface area contributed by atoms with Gasteiger partial charge in [-0.3, -0.25) is 0 Å². The molecule has 3 rings (SSSR count). The first-order valence-corrected chi connectivity index (χ1v) is 7.38. The highest BCUT2D eigenvalue weighted by molar-refractivity contribution is 5.68. The molecule has 124 valence electrons. The molecule has 0 bridgehead atoms. The summed E-state index contributed by atoms with van der Waals surface area (Å²) in [6.45, 7) is 8.05. The average molecular weight is 330 g/mol. The summed E-state index contributed by atoms with van der Waals surface area (Å²) in [6.07, 6.45) is -1.29. The van der Waals surface area contributed by atoms with Gasteiger partial charge in [0.15, 0.2) is 0 Å².